The van der Waals surface area contributed by atoms with Crippen LogP contribution < -0.4 is 10.6 Å². The van der Waals surface area contributed by atoms with E-state index in [2.05, 4.69) is 20.5 Å². The summed E-state index contributed by atoms with van der Waals surface area (Å²) in [4.78, 5) is 30.2. The van der Waals surface area contributed by atoms with Gasteiger partial charge in [-0.2, -0.15) is 0 Å². The van der Waals surface area contributed by atoms with Crippen LogP contribution in [0.3, 0.4) is 0 Å². The van der Waals surface area contributed by atoms with Gasteiger partial charge in [0, 0.05) is 37.5 Å². The highest BCUT2D eigenvalue weighted by atomic mass is 32.1. The molecule has 1 aromatic rings. The van der Waals surface area contributed by atoms with Crippen LogP contribution >= 0.6 is 11.3 Å². The van der Waals surface area contributed by atoms with Crippen LogP contribution in [-0.4, -0.2) is 61.1 Å². The number of rotatable bonds is 7. The van der Waals surface area contributed by atoms with Crippen LogP contribution in [0.2, 0.25) is 0 Å². The predicted octanol–water partition coefficient (Wildman–Crippen LogP) is 0.483. The average Bonchev–Trinajstić information content (AvgIpc) is 3.31. The lowest BCUT2D eigenvalue weighted by atomic mass is 10.3. The SMILES string of the molecule is O=C(Cc1csc(NC(=O)C2CC2)n1)NCCN1CCOCC1. The molecule has 0 atom stereocenters. The Morgan fingerprint density at radius 3 is 2.87 bits per heavy atom. The zero-order valence-electron chi connectivity index (χ0n) is 13.0. The van der Waals surface area contributed by atoms with Crippen molar-refractivity contribution in [2.45, 2.75) is 19.3 Å². The van der Waals surface area contributed by atoms with Gasteiger partial charge in [0.2, 0.25) is 11.8 Å². The number of carbonyl (C=O) groups is 2. The smallest absolute Gasteiger partial charge is 0.229 e. The third kappa shape index (κ3) is 5.26. The van der Waals surface area contributed by atoms with Gasteiger partial charge in [-0.3, -0.25) is 14.5 Å². The summed E-state index contributed by atoms with van der Waals surface area (Å²) in [7, 11) is 0. The maximum absolute atomic E-state index is 11.9. The standard InChI is InChI=1S/C15H22N4O3S/c20-13(16-3-4-19-5-7-22-8-6-19)9-12-10-23-15(17-12)18-14(21)11-1-2-11/h10-11H,1-9H2,(H,16,20)(H,17,18,21). The Morgan fingerprint density at radius 1 is 1.35 bits per heavy atom. The zero-order valence-corrected chi connectivity index (χ0v) is 13.9. The molecular weight excluding hydrogens is 316 g/mol. The van der Waals surface area contributed by atoms with Crippen molar-refractivity contribution in [3.63, 3.8) is 0 Å². The molecule has 0 spiro atoms. The molecular formula is C15H22N4O3S. The van der Waals surface area contributed by atoms with Crippen LogP contribution in [0.15, 0.2) is 5.38 Å². The number of nitrogens with zero attached hydrogens (tertiary/aromatic N) is 2. The first kappa shape index (κ1) is 16.4. The normalized spacial score (nSPS) is 18.6. The molecule has 1 saturated carbocycles. The molecule has 0 radical (unpaired) electrons. The van der Waals surface area contributed by atoms with E-state index >= 15 is 0 Å². The topological polar surface area (TPSA) is 83.6 Å². The summed E-state index contributed by atoms with van der Waals surface area (Å²) in [5.41, 5.74) is 0.699. The van der Waals surface area contributed by atoms with Crippen molar-refractivity contribution in [3.05, 3.63) is 11.1 Å². The summed E-state index contributed by atoms with van der Waals surface area (Å²) in [5, 5.41) is 8.12. The molecule has 8 heteroatoms. The van der Waals surface area contributed by atoms with Crippen LogP contribution in [0.5, 0.6) is 0 Å². The van der Waals surface area contributed by atoms with Gasteiger partial charge < -0.3 is 15.4 Å². The van der Waals surface area contributed by atoms with Gasteiger partial charge >= 0.3 is 0 Å². The molecule has 126 valence electrons. The van der Waals surface area contributed by atoms with E-state index in [-0.39, 0.29) is 24.2 Å². The number of hydrogen-bond acceptors (Lipinski definition) is 6. The van der Waals surface area contributed by atoms with Gasteiger partial charge in [-0.05, 0) is 12.8 Å². The highest BCUT2D eigenvalue weighted by Gasteiger charge is 2.30. The molecule has 1 aromatic heterocycles. The van der Waals surface area contributed by atoms with Gasteiger partial charge in [-0.25, -0.2) is 4.98 Å². The number of ether oxygens (including phenoxy) is 1. The molecule has 2 aliphatic rings. The van der Waals surface area contributed by atoms with E-state index in [1.54, 1.807) is 0 Å². The average molecular weight is 338 g/mol. The lowest BCUT2D eigenvalue weighted by molar-refractivity contribution is -0.120. The van der Waals surface area contributed by atoms with E-state index in [0.29, 0.717) is 17.4 Å². The Hall–Kier alpha value is -1.51. The predicted molar refractivity (Wildman–Crippen MR) is 87.4 cm³/mol. The summed E-state index contributed by atoms with van der Waals surface area (Å²) in [5.74, 6) is 0.162. The Bertz CT molecular complexity index is 553. The van der Waals surface area contributed by atoms with E-state index in [1.807, 2.05) is 5.38 Å². The molecule has 0 bridgehead atoms. The number of anilines is 1. The van der Waals surface area contributed by atoms with Crippen molar-refractivity contribution in [3.8, 4) is 0 Å². The van der Waals surface area contributed by atoms with Crippen LogP contribution in [0.4, 0.5) is 5.13 Å². The number of nitrogens with one attached hydrogen (secondary N) is 2. The van der Waals surface area contributed by atoms with E-state index in [0.717, 1.165) is 45.7 Å². The highest BCUT2D eigenvalue weighted by Crippen LogP contribution is 2.30. The Labute approximate surface area is 139 Å². The van der Waals surface area contributed by atoms with Crippen LogP contribution in [0.25, 0.3) is 0 Å². The van der Waals surface area contributed by atoms with Crippen molar-refractivity contribution in [2.75, 3.05) is 44.7 Å². The van der Waals surface area contributed by atoms with E-state index in [9.17, 15) is 9.59 Å². The fourth-order valence-corrected chi connectivity index (χ4v) is 3.12. The van der Waals surface area contributed by atoms with Gasteiger partial charge in [0.1, 0.15) is 0 Å². The number of morpholine rings is 1. The summed E-state index contributed by atoms with van der Waals surface area (Å²) in [6.07, 6.45) is 2.18. The third-order valence-electron chi connectivity index (χ3n) is 3.93. The number of aromatic nitrogens is 1. The van der Waals surface area contributed by atoms with Crippen LogP contribution in [0.1, 0.15) is 18.5 Å². The fraction of sp³-hybridized carbons (Fsp3) is 0.667. The highest BCUT2D eigenvalue weighted by molar-refractivity contribution is 7.13. The summed E-state index contributed by atoms with van der Waals surface area (Å²) in [6.45, 7) is 4.85. The Balaban J connectivity index is 1.35. The quantitative estimate of drug-likeness (QED) is 0.756. The molecule has 1 aliphatic heterocycles. The molecule has 2 heterocycles. The van der Waals surface area contributed by atoms with Crippen molar-refractivity contribution in [2.24, 2.45) is 5.92 Å². The first-order valence-electron chi connectivity index (χ1n) is 8.03. The number of thiazole rings is 1. The van der Waals surface area contributed by atoms with E-state index < -0.39 is 0 Å². The molecule has 1 aliphatic carbocycles. The largest absolute Gasteiger partial charge is 0.379 e. The zero-order chi connectivity index (χ0) is 16.1. The van der Waals surface area contributed by atoms with Crippen molar-refractivity contribution in [1.29, 1.82) is 0 Å². The molecule has 7 nitrogen and oxygen atoms in total. The van der Waals surface area contributed by atoms with Crippen molar-refractivity contribution in [1.82, 2.24) is 15.2 Å². The summed E-state index contributed by atoms with van der Waals surface area (Å²) < 4.78 is 5.29. The monoisotopic (exact) mass is 338 g/mol. The summed E-state index contributed by atoms with van der Waals surface area (Å²) >= 11 is 1.37. The number of carbonyl (C=O) groups excluding carboxylic acids is 2. The lowest BCUT2D eigenvalue weighted by Gasteiger charge is -2.26. The Kier molecular flexibility index (Phi) is 5.58. The van der Waals surface area contributed by atoms with Gasteiger partial charge in [-0.15, -0.1) is 11.3 Å². The fourth-order valence-electron chi connectivity index (χ4n) is 2.40. The molecule has 2 fully saturated rings. The first-order chi connectivity index (χ1) is 11.2. The molecule has 0 aromatic carbocycles. The van der Waals surface area contributed by atoms with Crippen molar-refractivity contribution < 1.29 is 14.3 Å². The second-order valence-electron chi connectivity index (χ2n) is 5.89. The molecule has 3 rings (SSSR count). The maximum Gasteiger partial charge on any atom is 0.229 e. The molecule has 2 amide bonds. The third-order valence-corrected chi connectivity index (χ3v) is 4.73. The first-order valence-corrected chi connectivity index (χ1v) is 8.91. The van der Waals surface area contributed by atoms with Crippen LogP contribution in [-0.2, 0) is 20.7 Å². The van der Waals surface area contributed by atoms with E-state index in [4.69, 9.17) is 4.74 Å². The van der Waals surface area contributed by atoms with Gasteiger partial charge in [0.05, 0.1) is 25.3 Å². The maximum atomic E-state index is 11.9. The second-order valence-corrected chi connectivity index (χ2v) is 6.75. The second kappa shape index (κ2) is 7.85. The minimum absolute atomic E-state index is 0.0383. The number of hydrogen-bond donors (Lipinski definition) is 2. The van der Waals surface area contributed by atoms with Gasteiger partial charge in [0.15, 0.2) is 5.13 Å². The lowest BCUT2D eigenvalue weighted by Crippen LogP contribution is -2.41. The van der Waals surface area contributed by atoms with E-state index in [1.165, 1.54) is 11.3 Å². The van der Waals surface area contributed by atoms with Crippen molar-refractivity contribution >= 4 is 28.3 Å². The summed E-state index contributed by atoms with van der Waals surface area (Å²) in [6, 6.07) is 0. The van der Waals surface area contributed by atoms with Gasteiger partial charge in [-0.1, -0.05) is 0 Å². The minimum atomic E-state index is -0.0383. The Morgan fingerprint density at radius 2 is 2.13 bits per heavy atom. The van der Waals surface area contributed by atoms with Crippen LogP contribution in [0, 0.1) is 5.92 Å². The minimum Gasteiger partial charge on any atom is -0.379 e. The molecule has 1 saturated heterocycles. The number of amides is 2. The molecule has 23 heavy (non-hydrogen) atoms. The molecule has 2 N–H and O–H groups in total. The van der Waals surface area contributed by atoms with Gasteiger partial charge in [0.25, 0.3) is 0 Å². The molecule has 0 unspecified atom stereocenters.